The van der Waals surface area contributed by atoms with Crippen molar-refractivity contribution in [3.63, 3.8) is 0 Å². The molecule has 2 atom stereocenters. The van der Waals surface area contributed by atoms with E-state index in [0.29, 0.717) is 4.91 Å². The van der Waals surface area contributed by atoms with E-state index in [1.807, 2.05) is 17.5 Å². The van der Waals surface area contributed by atoms with E-state index in [2.05, 4.69) is 6.92 Å². The molecule has 0 saturated heterocycles. The van der Waals surface area contributed by atoms with Crippen LogP contribution in [0.2, 0.25) is 0 Å². The lowest BCUT2D eigenvalue weighted by molar-refractivity contribution is -0.138. The van der Waals surface area contributed by atoms with E-state index in [9.17, 15) is 9.59 Å². The van der Waals surface area contributed by atoms with Crippen LogP contribution in [0.15, 0.2) is 33.1 Å². The zero-order valence-electron chi connectivity index (χ0n) is 11.4. The Kier molecular flexibility index (Phi) is 3.91. The molecule has 1 N–H and O–H groups in total. The number of fused-ring (bicyclic) bond motifs is 1. The van der Waals surface area contributed by atoms with E-state index >= 15 is 0 Å². The maximum atomic E-state index is 12.1. The monoisotopic (exact) mass is 322 g/mol. The van der Waals surface area contributed by atoms with Gasteiger partial charge in [0.15, 0.2) is 5.78 Å². The van der Waals surface area contributed by atoms with Crippen LogP contribution in [0, 0.1) is 0 Å². The molecule has 0 saturated carbocycles. The number of carbonyl (C=O) groups is 2. The van der Waals surface area contributed by atoms with Crippen molar-refractivity contribution in [2.75, 3.05) is 0 Å². The predicted octanol–water partition coefficient (Wildman–Crippen LogP) is 4.03. The number of ketones is 1. The molecular weight excluding hydrogens is 308 g/mol. The fraction of sp³-hybridized carbons (Fsp3) is 0.333. The summed E-state index contributed by atoms with van der Waals surface area (Å²) in [5.74, 6) is -0.881. The first kappa shape index (κ1) is 14.4. The van der Waals surface area contributed by atoms with Crippen LogP contribution in [0.4, 0.5) is 0 Å². The maximum Gasteiger partial charge on any atom is 0.303 e. The number of allylic oxidation sites excluding steroid dienone is 2. The van der Waals surface area contributed by atoms with Crippen molar-refractivity contribution in [2.45, 2.75) is 30.9 Å². The molecule has 0 spiro atoms. The lowest BCUT2D eigenvalue weighted by Gasteiger charge is -2.11. The van der Waals surface area contributed by atoms with Crippen LogP contribution in [0.1, 0.15) is 31.2 Å². The van der Waals surface area contributed by atoms with Crippen molar-refractivity contribution in [1.82, 2.24) is 0 Å². The minimum absolute atomic E-state index is 0.0629. The summed E-state index contributed by atoms with van der Waals surface area (Å²) in [6.07, 6.45) is 3.68. The molecular formula is C15H14O4S2. The van der Waals surface area contributed by atoms with Crippen LogP contribution in [-0.2, 0) is 9.59 Å². The molecule has 6 heteroatoms. The fourth-order valence-corrected chi connectivity index (χ4v) is 4.58. The second-order valence-corrected chi connectivity index (χ2v) is 7.34. The van der Waals surface area contributed by atoms with Crippen molar-refractivity contribution in [2.24, 2.45) is 0 Å². The predicted molar refractivity (Wildman–Crippen MR) is 83.8 cm³/mol. The molecule has 1 aliphatic rings. The van der Waals surface area contributed by atoms with Gasteiger partial charge in [-0.25, -0.2) is 0 Å². The smallest absolute Gasteiger partial charge is 0.303 e. The van der Waals surface area contributed by atoms with Crippen LogP contribution < -0.4 is 0 Å². The molecule has 21 heavy (non-hydrogen) atoms. The number of Topliss-reactive ketones (excluding diaryl/α,β-unsaturated/α-hetero) is 1. The van der Waals surface area contributed by atoms with Gasteiger partial charge in [-0.2, -0.15) is 0 Å². The fourth-order valence-electron chi connectivity index (χ4n) is 2.47. The quantitative estimate of drug-likeness (QED) is 0.900. The van der Waals surface area contributed by atoms with E-state index in [1.165, 1.54) is 11.8 Å². The third kappa shape index (κ3) is 2.78. The van der Waals surface area contributed by atoms with Gasteiger partial charge in [0.1, 0.15) is 5.58 Å². The average molecular weight is 322 g/mol. The maximum absolute atomic E-state index is 12.1. The Balaban J connectivity index is 1.82. The summed E-state index contributed by atoms with van der Waals surface area (Å²) in [4.78, 5) is 23.3. The number of aliphatic carboxylic acids is 1. The Labute approximate surface area is 129 Å². The normalized spacial score (nSPS) is 21.7. The van der Waals surface area contributed by atoms with Gasteiger partial charge >= 0.3 is 5.97 Å². The van der Waals surface area contributed by atoms with Crippen molar-refractivity contribution >= 4 is 45.1 Å². The summed E-state index contributed by atoms with van der Waals surface area (Å²) < 4.78 is 6.66. The minimum Gasteiger partial charge on any atom is -0.481 e. The molecule has 2 unspecified atom stereocenters. The number of carboxylic acid groups (broad SMARTS) is 1. The van der Waals surface area contributed by atoms with E-state index < -0.39 is 5.97 Å². The zero-order valence-corrected chi connectivity index (χ0v) is 13.0. The van der Waals surface area contributed by atoms with Gasteiger partial charge in [0, 0.05) is 28.1 Å². The van der Waals surface area contributed by atoms with Gasteiger partial charge in [0.2, 0.25) is 0 Å². The summed E-state index contributed by atoms with van der Waals surface area (Å²) >= 11 is 3.16. The average Bonchev–Trinajstić information content (AvgIpc) is 3.10. The molecule has 0 radical (unpaired) electrons. The highest BCUT2D eigenvalue weighted by molar-refractivity contribution is 8.04. The number of rotatable bonds is 5. The Morgan fingerprint density at radius 2 is 2.19 bits per heavy atom. The van der Waals surface area contributed by atoms with Crippen LogP contribution in [0.3, 0.4) is 0 Å². The molecule has 2 aromatic rings. The summed E-state index contributed by atoms with van der Waals surface area (Å²) in [6.45, 7) is 2.08. The number of carbonyl (C=O) groups excluding carboxylic acids is 1. The second kappa shape index (κ2) is 5.69. The first-order valence-electron chi connectivity index (χ1n) is 6.64. The summed E-state index contributed by atoms with van der Waals surface area (Å²) in [6, 6.07) is 1.94. The molecule has 0 fully saturated rings. The van der Waals surface area contributed by atoms with Gasteiger partial charge in [-0.3, -0.25) is 9.59 Å². The molecule has 1 aliphatic heterocycles. The van der Waals surface area contributed by atoms with E-state index in [1.54, 1.807) is 17.6 Å². The molecule has 0 aliphatic carbocycles. The number of furan rings is 1. The highest BCUT2D eigenvalue weighted by atomic mass is 32.2. The molecule has 2 aromatic heterocycles. The van der Waals surface area contributed by atoms with Crippen LogP contribution in [0.5, 0.6) is 0 Å². The van der Waals surface area contributed by atoms with Crippen molar-refractivity contribution in [1.29, 1.82) is 0 Å². The van der Waals surface area contributed by atoms with Gasteiger partial charge in [-0.05, 0) is 11.4 Å². The number of thiophene rings is 1. The van der Waals surface area contributed by atoms with Crippen LogP contribution in [0.25, 0.3) is 10.3 Å². The number of carboxylic acids is 1. The Morgan fingerprint density at radius 3 is 2.95 bits per heavy atom. The highest BCUT2D eigenvalue weighted by Crippen LogP contribution is 2.45. The standard InChI is InChI=1S/C15H14O4S2/c1-8-9(10-7-19-12-4-5-20-15(10)12)6-13(21-8)11(16)2-3-14(17)18/h4-9H,2-3H2,1H3,(H,17,18). The first-order chi connectivity index (χ1) is 10.1. The van der Waals surface area contributed by atoms with E-state index in [-0.39, 0.29) is 29.8 Å². The first-order valence-corrected chi connectivity index (χ1v) is 8.40. The van der Waals surface area contributed by atoms with Gasteiger partial charge in [-0.15, -0.1) is 23.1 Å². The number of thioether (sulfide) groups is 1. The lowest BCUT2D eigenvalue weighted by Crippen LogP contribution is -2.04. The van der Waals surface area contributed by atoms with Crippen molar-refractivity contribution < 1.29 is 19.1 Å². The number of hydrogen-bond donors (Lipinski definition) is 1. The summed E-state index contributed by atoms with van der Waals surface area (Å²) in [7, 11) is 0. The lowest BCUT2D eigenvalue weighted by atomic mass is 9.97. The third-order valence-corrected chi connectivity index (χ3v) is 5.78. The second-order valence-electron chi connectivity index (χ2n) is 5.00. The third-order valence-electron chi connectivity index (χ3n) is 3.55. The van der Waals surface area contributed by atoms with Crippen molar-refractivity contribution in [3.05, 3.63) is 34.3 Å². The number of hydrogen-bond acceptors (Lipinski definition) is 5. The van der Waals surface area contributed by atoms with Gasteiger partial charge in [0.05, 0.1) is 17.4 Å². The van der Waals surface area contributed by atoms with Crippen LogP contribution >= 0.6 is 23.1 Å². The zero-order chi connectivity index (χ0) is 15.0. The SMILES string of the molecule is CC1SC(C(=O)CCC(=O)O)=CC1c1coc2ccsc12. The summed E-state index contributed by atoms with van der Waals surface area (Å²) in [5.41, 5.74) is 1.99. The highest BCUT2D eigenvalue weighted by Gasteiger charge is 2.31. The summed E-state index contributed by atoms with van der Waals surface area (Å²) in [5, 5.41) is 10.9. The Bertz CT molecular complexity index is 725. The van der Waals surface area contributed by atoms with Crippen LogP contribution in [-0.4, -0.2) is 22.1 Å². The van der Waals surface area contributed by atoms with Gasteiger partial charge < -0.3 is 9.52 Å². The molecule has 3 rings (SSSR count). The van der Waals surface area contributed by atoms with E-state index in [0.717, 1.165) is 15.8 Å². The Morgan fingerprint density at radius 1 is 1.38 bits per heavy atom. The Hall–Kier alpha value is -1.53. The van der Waals surface area contributed by atoms with E-state index in [4.69, 9.17) is 9.52 Å². The molecule has 110 valence electrons. The minimum atomic E-state index is -0.938. The van der Waals surface area contributed by atoms with Crippen molar-refractivity contribution in [3.8, 4) is 0 Å². The molecule has 0 bridgehead atoms. The van der Waals surface area contributed by atoms with Gasteiger partial charge in [-0.1, -0.05) is 13.0 Å². The molecule has 0 aromatic carbocycles. The molecule has 3 heterocycles. The largest absolute Gasteiger partial charge is 0.481 e. The molecule has 4 nitrogen and oxygen atoms in total. The van der Waals surface area contributed by atoms with Gasteiger partial charge in [0.25, 0.3) is 0 Å². The molecule has 0 amide bonds. The topological polar surface area (TPSA) is 67.5 Å².